The van der Waals surface area contributed by atoms with Gasteiger partial charge in [-0.3, -0.25) is 0 Å². The minimum atomic E-state index is -4.83. The Morgan fingerprint density at radius 1 is 1.30 bits per heavy atom. The van der Waals surface area contributed by atoms with Crippen molar-refractivity contribution in [3.05, 3.63) is 23.3 Å². The molecule has 1 heterocycles. The summed E-state index contributed by atoms with van der Waals surface area (Å²) in [6.07, 6.45) is -6.32. The van der Waals surface area contributed by atoms with Gasteiger partial charge in [-0.25, -0.2) is 4.79 Å². The molecule has 0 saturated carbocycles. The van der Waals surface area contributed by atoms with E-state index in [2.05, 4.69) is 19.6 Å². The molecule has 0 aromatic heterocycles. The number of benzene rings is 1. The first-order valence-electron chi connectivity index (χ1n) is 6.86. The molecular formula is C15H17F3O4Si. The molecule has 1 aliphatic heterocycles. The van der Waals surface area contributed by atoms with Crippen LogP contribution in [0, 0.1) is 0 Å². The Kier molecular flexibility index (Phi) is 4.23. The largest absolute Gasteiger partial charge is 0.493 e. The summed E-state index contributed by atoms with van der Waals surface area (Å²) in [5.74, 6) is -1.56. The van der Waals surface area contributed by atoms with Gasteiger partial charge in [-0.05, 0) is 12.1 Å². The minimum Gasteiger partial charge on any atom is -0.493 e. The topological polar surface area (TPSA) is 55.8 Å². The van der Waals surface area contributed by atoms with E-state index < -0.39 is 31.9 Å². The van der Waals surface area contributed by atoms with Crippen molar-refractivity contribution in [2.45, 2.75) is 31.9 Å². The van der Waals surface area contributed by atoms with E-state index in [0.29, 0.717) is 5.56 Å². The Bertz CT molecular complexity index is 675. The summed E-state index contributed by atoms with van der Waals surface area (Å²) in [6.45, 7) is 6.20. The first-order chi connectivity index (χ1) is 10.4. The van der Waals surface area contributed by atoms with Gasteiger partial charge in [0, 0.05) is 5.56 Å². The fraction of sp³-hybridized carbons (Fsp3) is 0.400. The van der Waals surface area contributed by atoms with E-state index in [1.165, 1.54) is 7.11 Å². The van der Waals surface area contributed by atoms with Gasteiger partial charge in [0.15, 0.2) is 11.5 Å². The quantitative estimate of drug-likeness (QED) is 0.855. The third kappa shape index (κ3) is 3.36. The van der Waals surface area contributed by atoms with Crippen LogP contribution in [0.15, 0.2) is 17.7 Å². The van der Waals surface area contributed by atoms with Crippen molar-refractivity contribution in [1.82, 2.24) is 0 Å². The lowest BCUT2D eigenvalue weighted by Crippen LogP contribution is -2.41. The molecule has 0 bridgehead atoms. The molecule has 126 valence electrons. The zero-order valence-electron chi connectivity index (χ0n) is 13.1. The highest BCUT2D eigenvalue weighted by Gasteiger charge is 2.49. The Hall–Kier alpha value is -1.96. The summed E-state index contributed by atoms with van der Waals surface area (Å²) < 4.78 is 49.4. The molecule has 0 spiro atoms. The number of carboxylic acids is 1. The fourth-order valence-corrected chi connectivity index (χ4v) is 3.44. The van der Waals surface area contributed by atoms with E-state index in [1.54, 1.807) is 12.1 Å². The highest BCUT2D eigenvalue weighted by molar-refractivity contribution is 6.88. The van der Waals surface area contributed by atoms with Gasteiger partial charge in [0.2, 0.25) is 6.10 Å². The molecule has 0 radical (unpaired) electrons. The molecule has 23 heavy (non-hydrogen) atoms. The average Bonchev–Trinajstić information content (AvgIpc) is 2.42. The third-order valence-electron chi connectivity index (χ3n) is 3.54. The molecular weight excluding hydrogens is 329 g/mol. The lowest BCUT2D eigenvalue weighted by Gasteiger charge is -2.29. The molecule has 0 aliphatic carbocycles. The first-order valence-corrected chi connectivity index (χ1v) is 10.4. The van der Waals surface area contributed by atoms with Crippen LogP contribution in [0.1, 0.15) is 5.56 Å². The molecule has 2 rings (SSSR count). The van der Waals surface area contributed by atoms with Gasteiger partial charge >= 0.3 is 12.1 Å². The first kappa shape index (κ1) is 17.4. The van der Waals surface area contributed by atoms with Gasteiger partial charge < -0.3 is 14.6 Å². The van der Waals surface area contributed by atoms with E-state index >= 15 is 0 Å². The van der Waals surface area contributed by atoms with Crippen molar-refractivity contribution in [2.75, 3.05) is 7.11 Å². The van der Waals surface area contributed by atoms with Crippen molar-refractivity contribution in [2.24, 2.45) is 0 Å². The molecule has 1 unspecified atom stereocenters. The van der Waals surface area contributed by atoms with Gasteiger partial charge in [-0.2, -0.15) is 13.2 Å². The SMILES string of the molecule is COc1cc([Si](C)(C)C)cc2c1OC(C(F)(F)F)C(C(=O)O)=C2. The number of aliphatic carboxylic acids is 1. The zero-order valence-corrected chi connectivity index (χ0v) is 14.1. The van der Waals surface area contributed by atoms with Crippen LogP contribution in [-0.4, -0.2) is 38.5 Å². The molecule has 1 aromatic rings. The molecule has 1 atom stereocenters. The number of halogens is 3. The van der Waals surface area contributed by atoms with Crippen molar-refractivity contribution in [1.29, 1.82) is 0 Å². The Labute approximate surface area is 132 Å². The van der Waals surface area contributed by atoms with Crippen LogP contribution in [0.25, 0.3) is 6.08 Å². The monoisotopic (exact) mass is 346 g/mol. The number of alkyl halides is 3. The maximum absolute atomic E-state index is 13.1. The summed E-state index contributed by atoms with van der Waals surface area (Å²) >= 11 is 0. The van der Waals surface area contributed by atoms with Crippen molar-refractivity contribution in [3.63, 3.8) is 0 Å². The van der Waals surface area contributed by atoms with E-state index in [4.69, 9.17) is 14.6 Å². The minimum absolute atomic E-state index is 0.0816. The number of ether oxygens (including phenoxy) is 2. The van der Waals surface area contributed by atoms with Crippen LogP contribution >= 0.6 is 0 Å². The van der Waals surface area contributed by atoms with Crippen LogP contribution in [0.3, 0.4) is 0 Å². The summed E-state index contributed by atoms with van der Waals surface area (Å²) in [5, 5.41) is 10.0. The highest BCUT2D eigenvalue weighted by atomic mass is 28.3. The standard InChI is InChI=1S/C15H17F3O4Si/c1-21-11-7-9(23(2,3)4)5-8-6-10(14(19)20)13(15(16,17)18)22-12(8)11/h5-7,13H,1-4H3,(H,19,20). The van der Waals surface area contributed by atoms with E-state index in [-0.39, 0.29) is 11.5 Å². The van der Waals surface area contributed by atoms with Crippen LogP contribution in [0.4, 0.5) is 13.2 Å². The Morgan fingerprint density at radius 2 is 1.91 bits per heavy atom. The molecule has 0 amide bonds. The summed E-state index contributed by atoms with van der Waals surface area (Å²) in [4.78, 5) is 11.2. The van der Waals surface area contributed by atoms with Crippen LogP contribution < -0.4 is 14.7 Å². The predicted molar refractivity (Wildman–Crippen MR) is 82.1 cm³/mol. The smallest absolute Gasteiger partial charge is 0.430 e. The number of methoxy groups -OCH3 is 1. The Morgan fingerprint density at radius 3 is 2.35 bits per heavy atom. The molecule has 1 aromatic carbocycles. The zero-order chi connectivity index (χ0) is 17.6. The van der Waals surface area contributed by atoms with E-state index in [1.807, 2.05) is 0 Å². The number of carbonyl (C=O) groups is 1. The molecule has 8 heteroatoms. The van der Waals surface area contributed by atoms with E-state index in [0.717, 1.165) is 11.3 Å². The second-order valence-electron chi connectivity index (χ2n) is 6.29. The molecule has 1 aliphatic rings. The van der Waals surface area contributed by atoms with E-state index in [9.17, 15) is 18.0 Å². The van der Waals surface area contributed by atoms with Crippen LogP contribution in [0.2, 0.25) is 19.6 Å². The maximum Gasteiger partial charge on any atom is 0.430 e. The maximum atomic E-state index is 13.1. The van der Waals surface area contributed by atoms with Gasteiger partial charge in [0.05, 0.1) is 20.8 Å². The highest BCUT2D eigenvalue weighted by Crippen LogP contribution is 2.42. The van der Waals surface area contributed by atoms with Gasteiger partial charge in [-0.15, -0.1) is 0 Å². The number of fused-ring (bicyclic) bond motifs is 1. The number of hydrogen-bond donors (Lipinski definition) is 1. The Balaban J connectivity index is 2.68. The summed E-state index contributed by atoms with van der Waals surface area (Å²) in [7, 11) is -0.438. The normalized spacial score (nSPS) is 17.9. The van der Waals surface area contributed by atoms with Gasteiger partial charge in [0.1, 0.15) is 0 Å². The molecule has 4 nitrogen and oxygen atoms in total. The molecule has 1 N–H and O–H groups in total. The summed E-state index contributed by atoms with van der Waals surface area (Å²) in [5.41, 5.74) is -0.542. The number of rotatable bonds is 3. The lowest BCUT2D eigenvalue weighted by molar-refractivity contribution is -0.187. The molecule has 0 fully saturated rings. The number of carboxylic acid groups (broad SMARTS) is 1. The van der Waals surface area contributed by atoms with Gasteiger partial charge in [-0.1, -0.05) is 30.9 Å². The van der Waals surface area contributed by atoms with Crippen molar-refractivity contribution in [3.8, 4) is 11.5 Å². The second-order valence-corrected chi connectivity index (χ2v) is 11.4. The predicted octanol–water partition coefficient (Wildman–Crippen LogP) is 3.03. The summed E-state index contributed by atoms with van der Waals surface area (Å²) in [6, 6.07) is 3.34. The lowest BCUT2D eigenvalue weighted by atomic mass is 10.0. The molecule has 0 saturated heterocycles. The average molecular weight is 346 g/mol. The van der Waals surface area contributed by atoms with Gasteiger partial charge in [0.25, 0.3) is 0 Å². The fourth-order valence-electron chi connectivity index (χ4n) is 2.28. The number of hydrogen-bond acceptors (Lipinski definition) is 3. The third-order valence-corrected chi connectivity index (χ3v) is 5.56. The second kappa shape index (κ2) is 5.59. The van der Waals surface area contributed by atoms with Crippen molar-refractivity contribution >= 4 is 25.3 Å². The van der Waals surface area contributed by atoms with Crippen molar-refractivity contribution < 1.29 is 32.5 Å². The van der Waals surface area contributed by atoms with Crippen LogP contribution in [0.5, 0.6) is 11.5 Å². The van der Waals surface area contributed by atoms with Crippen LogP contribution in [-0.2, 0) is 4.79 Å².